The molecule has 0 amide bonds. The summed E-state index contributed by atoms with van der Waals surface area (Å²) in [6.45, 7) is 0. The fraction of sp³-hybridized carbons (Fsp3) is 0.250. The number of ketones is 1. The first-order valence-electron chi connectivity index (χ1n) is 3.68. The van der Waals surface area contributed by atoms with E-state index in [0.29, 0.717) is 0 Å². The molecule has 0 aromatic carbocycles. The summed E-state index contributed by atoms with van der Waals surface area (Å²) in [6.07, 6.45) is -3.49. The third-order valence-corrected chi connectivity index (χ3v) is 2.18. The molecule has 2 nitrogen and oxygen atoms in total. The van der Waals surface area contributed by atoms with Gasteiger partial charge < -0.3 is 0 Å². The van der Waals surface area contributed by atoms with E-state index in [1.807, 2.05) is 0 Å². The average Bonchev–Trinajstić information content (AvgIpc) is 2.15. The van der Waals surface area contributed by atoms with Crippen LogP contribution in [0.3, 0.4) is 0 Å². The Balaban J connectivity index is 3.12. The van der Waals surface area contributed by atoms with Gasteiger partial charge in [-0.15, -0.1) is 11.8 Å². The van der Waals surface area contributed by atoms with Gasteiger partial charge in [0.05, 0.1) is 10.6 Å². The molecule has 1 aromatic heterocycles. The van der Waals surface area contributed by atoms with Crippen LogP contribution in [0, 0.1) is 5.95 Å². The fourth-order valence-electron chi connectivity index (χ4n) is 0.853. The van der Waals surface area contributed by atoms with E-state index in [0.717, 1.165) is 23.9 Å². The van der Waals surface area contributed by atoms with Gasteiger partial charge in [-0.2, -0.15) is 17.6 Å². The number of halogens is 4. The molecule has 0 saturated carbocycles. The maximum absolute atomic E-state index is 13.0. The lowest BCUT2D eigenvalue weighted by molar-refractivity contribution is -0.0888. The fourth-order valence-corrected chi connectivity index (χ4v) is 1.23. The van der Waals surface area contributed by atoms with Crippen LogP contribution >= 0.6 is 11.8 Å². The number of aromatic nitrogens is 1. The van der Waals surface area contributed by atoms with Crippen molar-refractivity contribution in [3.8, 4) is 0 Å². The molecular weight excluding hydrogens is 234 g/mol. The summed E-state index contributed by atoms with van der Waals surface area (Å²) in [5.74, 6) is -3.62. The number of carbonyl (C=O) groups is 1. The average molecular weight is 239 g/mol. The summed E-state index contributed by atoms with van der Waals surface area (Å²) in [5, 5.41) is 0.214. The zero-order valence-electron chi connectivity index (χ0n) is 7.43. The van der Waals surface area contributed by atoms with Crippen LogP contribution in [0.4, 0.5) is 17.6 Å². The van der Waals surface area contributed by atoms with Gasteiger partial charge in [0.2, 0.25) is 5.95 Å². The van der Waals surface area contributed by atoms with Crippen LogP contribution < -0.4 is 0 Å². The van der Waals surface area contributed by atoms with Crippen LogP contribution in [0.2, 0.25) is 0 Å². The van der Waals surface area contributed by atoms with Crippen molar-refractivity contribution in [3.05, 3.63) is 23.6 Å². The van der Waals surface area contributed by atoms with Crippen molar-refractivity contribution in [2.45, 2.75) is 11.2 Å². The lowest BCUT2D eigenvalue weighted by Gasteiger charge is -2.05. The number of carbonyl (C=O) groups excluding carboxylic acids is 1. The van der Waals surface area contributed by atoms with Crippen LogP contribution in [-0.4, -0.2) is 23.2 Å². The number of rotatable bonds is 2. The second-order valence-corrected chi connectivity index (χ2v) is 3.35. The Morgan fingerprint density at radius 1 is 1.40 bits per heavy atom. The number of hydrogen-bond acceptors (Lipinski definition) is 3. The summed E-state index contributed by atoms with van der Waals surface area (Å²) in [5.41, 5.74) is -1.06. The molecule has 1 rings (SSSR count). The summed E-state index contributed by atoms with van der Waals surface area (Å²) in [6, 6.07) is 1.94. The van der Waals surface area contributed by atoms with Crippen molar-refractivity contribution >= 4 is 17.5 Å². The van der Waals surface area contributed by atoms with Crippen molar-refractivity contribution in [1.29, 1.82) is 0 Å². The molecule has 0 saturated heterocycles. The van der Waals surface area contributed by atoms with E-state index >= 15 is 0 Å². The molecule has 0 unspecified atom stereocenters. The third-order valence-electron chi connectivity index (χ3n) is 1.53. The molecule has 82 valence electrons. The Morgan fingerprint density at radius 2 is 2.00 bits per heavy atom. The van der Waals surface area contributed by atoms with E-state index in [4.69, 9.17) is 0 Å². The number of nitrogens with zero attached hydrogens (tertiary/aromatic N) is 1. The van der Waals surface area contributed by atoms with Gasteiger partial charge in [0.25, 0.3) is 5.78 Å². The van der Waals surface area contributed by atoms with Crippen LogP contribution in [0.1, 0.15) is 10.4 Å². The Kier molecular flexibility index (Phi) is 3.33. The highest BCUT2D eigenvalue weighted by Crippen LogP contribution is 2.23. The van der Waals surface area contributed by atoms with Gasteiger partial charge in [-0.05, 0) is 18.4 Å². The second kappa shape index (κ2) is 4.18. The third kappa shape index (κ3) is 2.68. The SMILES string of the molecule is CSc1ccc(C(=O)C(F)(F)F)c(F)n1. The maximum Gasteiger partial charge on any atom is 0.455 e. The first-order valence-corrected chi connectivity index (χ1v) is 4.91. The van der Waals surface area contributed by atoms with Crippen molar-refractivity contribution in [2.75, 3.05) is 6.26 Å². The lowest BCUT2D eigenvalue weighted by atomic mass is 10.2. The zero-order chi connectivity index (χ0) is 11.6. The summed E-state index contributed by atoms with van der Waals surface area (Å²) < 4.78 is 48.8. The minimum Gasteiger partial charge on any atom is -0.284 e. The molecule has 0 fully saturated rings. The van der Waals surface area contributed by atoms with Gasteiger partial charge in [-0.3, -0.25) is 4.79 Å². The number of alkyl halides is 3. The van der Waals surface area contributed by atoms with E-state index in [1.165, 1.54) is 0 Å². The molecule has 15 heavy (non-hydrogen) atoms. The minimum absolute atomic E-state index is 0.214. The first kappa shape index (κ1) is 12.0. The van der Waals surface area contributed by atoms with E-state index < -0.39 is 23.5 Å². The Bertz CT molecular complexity index is 391. The topological polar surface area (TPSA) is 30.0 Å². The van der Waals surface area contributed by atoms with Gasteiger partial charge in [0, 0.05) is 0 Å². The molecule has 7 heteroatoms. The largest absolute Gasteiger partial charge is 0.455 e. The standard InChI is InChI=1S/C8H5F4NOS/c1-15-5-3-2-4(7(9)13-5)6(14)8(10,11)12/h2-3H,1H3. The molecule has 0 aliphatic heterocycles. The summed E-state index contributed by atoms with van der Waals surface area (Å²) in [7, 11) is 0. The highest BCUT2D eigenvalue weighted by atomic mass is 32.2. The van der Waals surface area contributed by atoms with Gasteiger partial charge in [-0.25, -0.2) is 4.98 Å². The van der Waals surface area contributed by atoms with E-state index in [-0.39, 0.29) is 5.03 Å². The minimum atomic E-state index is -5.08. The van der Waals surface area contributed by atoms with Crippen LogP contribution in [0.15, 0.2) is 17.2 Å². The van der Waals surface area contributed by atoms with Crippen LogP contribution in [0.5, 0.6) is 0 Å². The van der Waals surface area contributed by atoms with Gasteiger partial charge >= 0.3 is 6.18 Å². The van der Waals surface area contributed by atoms with E-state index in [9.17, 15) is 22.4 Å². The van der Waals surface area contributed by atoms with Crippen LogP contribution in [-0.2, 0) is 0 Å². The smallest absolute Gasteiger partial charge is 0.284 e. The van der Waals surface area contributed by atoms with Gasteiger partial charge in [-0.1, -0.05) is 0 Å². The molecule has 0 bridgehead atoms. The molecule has 1 heterocycles. The lowest BCUT2D eigenvalue weighted by Crippen LogP contribution is -2.24. The van der Waals surface area contributed by atoms with Crippen molar-refractivity contribution in [3.63, 3.8) is 0 Å². The first-order chi connectivity index (χ1) is 6.86. The summed E-state index contributed by atoms with van der Waals surface area (Å²) >= 11 is 1.07. The molecule has 0 radical (unpaired) electrons. The molecule has 1 aromatic rings. The number of thioether (sulfide) groups is 1. The van der Waals surface area contributed by atoms with Gasteiger partial charge in [0.15, 0.2) is 0 Å². The Labute approximate surface area is 86.7 Å². The van der Waals surface area contributed by atoms with Crippen molar-refractivity contribution in [2.24, 2.45) is 0 Å². The molecular formula is C8H5F4NOS. The van der Waals surface area contributed by atoms with Crippen LogP contribution in [0.25, 0.3) is 0 Å². The molecule has 0 spiro atoms. The number of pyridine rings is 1. The molecule has 0 N–H and O–H groups in total. The maximum atomic E-state index is 13.0. The van der Waals surface area contributed by atoms with E-state index in [2.05, 4.69) is 4.98 Å². The number of Topliss-reactive ketones (excluding diaryl/α,β-unsaturated/α-hetero) is 1. The Hall–Kier alpha value is -1.11. The quantitative estimate of drug-likeness (QED) is 0.344. The van der Waals surface area contributed by atoms with E-state index in [1.54, 1.807) is 6.26 Å². The molecule has 0 aliphatic carbocycles. The van der Waals surface area contributed by atoms with Gasteiger partial charge in [0.1, 0.15) is 0 Å². The monoisotopic (exact) mass is 239 g/mol. The molecule has 0 aliphatic rings. The van der Waals surface area contributed by atoms with Crippen molar-refractivity contribution < 1.29 is 22.4 Å². The zero-order valence-corrected chi connectivity index (χ0v) is 8.25. The predicted molar refractivity (Wildman–Crippen MR) is 46.4 cm³/mol. The second-order valence-electron chi connectivity index (χ2n) is 2.52. The predicted octanol–water partition coefficient (Wildman–Crippen LogP) is 2.69. The van der Waals surface area contributed by atoms with Crippen molar-refractivity contribution in [1.82, 2.24) is 4.98 Å². The molecule has 0 atom stereocenters. The highest BCUT2D eigenvalue weighted by molar-refractivity contribution is 7.98. The normalized spacial score (nSPS) is 11.5. The Morgan fingerprint density at radius 3 is 2.40 bits per heavy atom. The highest BCUT2D eigenvalue weighted by Gasteiger charge is 2.41. The summed E-state index contributed by atoms with van der Waals surface area (Å²) in [4.78, 5) is 13.9. The number of hydrogen-bond donors (Lipinski definition) is 0.